The van der Waals surface area contributed by atoms with Crippen molar-refractivity contribution < 1.29 is 23.4 Å². The molecule has 1 saturated heterocycles. The van der Waals surface area contributed by atoms with E-state index in [2.05, 4.69) is 0 Å². The molecule has 27 heavy (non-hydrogen) atoms. The fourth-order valence-electron chi connectivity index (χ4n) is 3.34. The topological polar surface area (TPSA) is 70.8 Å². The lowest BCUT2D eigenvalue weighted by Crippen LogP contribution is -2.45. The van der Waals surface area contributed by atoms with Gasteiger partial charge in [0.25, 0.3) is 0 Å². The first kappa shape index (κ1) is 22.1. The number of benzene rings is 1. The molecule has 0 unspecified atom stereocenters. The smallest absolute Gasteiger partial charge is 0.325 e. The molecule has 1 heterocycles. The third kappa shape index (κ3) is 6.71. The van der Waals surface area contributed by atoms with Crippen LogP contribution in [0.5, 0.6) is 0 Å². The SMILES string of the molecule is C[C@@H]1OC(=O)[C@@H](N)COCC[C@H](Cc2ccc(F)cc2)[C@H]1OCC1CC1.Cl. The predicted molar refractivity (Wildman–Crippen MR) is 102 cm³/mol. The molecule has 0 bridgehead atoms. The van der Waals surface area contributed by atoms with Crippen LogP contribution >= 0.6 is 12.4 Å². The van der Waals surface area contributed by atoms with Crippen LogP contribution in [0, 0.1) is 17.7 Å². The van der Waals surface area contributed by atoms with Crippen LogP contribution in [0.4, 0.5) is 4.39 Å². The van der Waals surface area contributed by atoms with E-state index in [0.29, 0.717) is 25.6 Å². The Balaban J connectivity index is 0.00000261. The van der Waals surface area contributed by atoms with Crippen molar-refractivity contribution >= 4 is 18.4 Å². The minimum Gasteiger partial charge on any atom is -0.459 e. The van der Waals surface area contributed by atoms with Crippen LogP contribution in [0.2, 0.25) is 0 Å². The van der Waals surface area contributed by atoms with E-state index in [0.717, 1.165) is 12.0 Å². The van der Waals surface area contributed by atoms with E-state index in [1.165, 1.54) is 25.0 Å². The van der Waals surface area contributed by atoms with Gasteiger partial charge in [-0.3, -0.25) is 4.79 Å². The van der Waals surface area contributed by atoms with Crippen LogP contribution in [0.3, 0.4) is 0 Å². The molecule has 0 radical (unpaired) electrons. The van der Waals surface area contributed by atoms with Gasteiger partial charge >= 0.3 is 5.97 Å². The van der Waals surface area contributed by atoms with E-state index in [9.17, 15) is 9.18 Å². The first-order valence-corrected chi connectivity index (χ1v) is 9.43. The molecule has 2 N–H and O–H groups in total. The summed E-state index contributed by atoms with van der Waals surface area (Å²) in [5.74, 6) is 0.00966. The normalized spacial score (nSPS) is 29.5. The number of cyclic esters (lactones) is 1. The molecule has 1 saturated carbocycles. The number of ether oxygens (including phenoxy) is 3. The van der Waals surface area contributed by atoms with Gasteiger partial charge in [0.05, 0.1) is 12.7 Å². The second kappa shape index (κ2) is 10.4. The zero-order valence-electron chi connectivity index (χ0n) is 15.6. The van der Waals surface area contributed by atoms with Crippen molar-refractivity contribution in [3.8, 4) is 0 Å². The molecule has 2 fully saturated rings. The van der Waals surface area contributed by atoms with Gasteiger partial charge in [0.1, 0.15) is 18.0 Å². The highest BCUT2D eigenvalue weighted by Gasteiger charge is 2.34. The molecule has 0 aromatic heterocycles. The first-order chi connectivity index (χ1) is 12.5. The Labute approximate surface area is 166 Å². The monoisotopic (exact) mass is 401 g/mol. The quantitative estimate of drug-likeness (QED) is 0.768. The second-order valence-corrected chi connectivity index (χ2v) is 7.44. The Morgan fingerprint density at radius 2 is 1.93 bits per heavy atom. The summed E-state index contributed by atoms with van der Waals surface area (Å²) in [6, 6.07) is 5.75. The fraction of sp³-hybridized carbons (Fsp3) is 0.650. The molecule has 152 valence electrons. The summed E-state index contributed by atoms with van der Waals surface area (Å²) in [7, 11) is 0. The predicted octanol–water partition coefficient (Wildman–Crippen LogP) is 2.88. The summed E-state index contributed by atoms with van der Waals surface area (Å²) < 4.78 is 30.5. The van der Waals surface area contributed by atoms with E-state index >= 15 is 0 Å². The van der Waals surface area contributed by atoms with Gasteiger partial charge in [0, 0.05) is 13.2 Å². The average Bonchev–Trinajstić information content (AvgIpc) is 3.43. The number of hydrogen-bond donors (Lipinski definition) is 1. The van der Waals surface area contributed by atoms with Gasteiger partial charge in [-0.2, -0.15) is 0 Å². The van der Waals surface area contributed by atoms with E-state index in [1.54, 1.807) is 12.1 Å². The summed E-state index contributed by atoms with van der Waals surface area (Å²) >= 11 is 0. The standard InChI is InChI=1S/C20H28FNO4.ClH/c1-13-19(25-11-15-2-3-15)16(10-14-4-6-17(21)7-5-14)8-9-24-12-18(22)20(23)26-13;/h4-7,13,15-16,18-19H,2-3,8-12,22H2,1H3;1H/t13-,16+,18-,19-;/m0./s1. The number of nitrogens with two attached hydrogens (primary N) is 1. The van der Waals surface area contributed by atoms with Gasteiger partial charge in [-0.25, -0.2) is 4.39 Å². The molecule has 0 amide bonds. The van der Waals surface area contributed by atoms with Crippen molar-refractivity contribution in [2.75, 3.05) is 19.8 Å². The minimum absolute atomic E-state index is 0. The van der Waals surface area contributed by atoms with Crippen molar-refractivity contribution in [2.24, 2.45) is 17.6 Å². The molecular weight excluding hydrogens is 373 g/mol. The molecular formula is C20H29ClFNO4. The fourth-order valence-corrected chi connectivity index (χ4v) is 3.34. The summed E-state index contributed by atoms with van der Waals surface area (Å²) in [4.78, 5) is 12.1. The van der Waals surface area contributed by atoms with Crippen molar-refractivity contribution in [3.63, 3.8) is 0 Å². The lowest BCUT2D eigenvalue weighted by molar-refractivity contribution is -0.165. The van der Waals surface area contributed by atoms with E-state index in [4.69, 9.17) is 19.9 Å². The third-order valence-corrected chi connectivity index (χ3v) is 5.09. The van der Waals surface area contributed by atoms with Crippen LogP contribution in [0.25, 0.3) is 0 Å². The summed E-state index contributed by atoms with van der Waals surface area (Å²) in [5.41, 5.74) is 6.84. The van der Waals surface area contributed by atoms with Gasteiger partial charge in [-0.15, -0.1) is 12.4 Å². The molecule has 3 rings (SSSR count). The zero-order valence-corrected chi connectivity index (χ0v) is 16.5. The van der Waals surface area contributed by atoms with Gasteiger partial charge < -0.3 is 19.9 Å². The first-order valence-electron chi connectivity index (χ1n) is 9.43. The van der Waals surface area contributed by atoms with Crippen LogP contribution in [-0.4, -0.2) is 44.0 Å². The van der Waals surface area contributed by atoms with E-state index in [-0.39, 0.29) is 36.9 Å². The molecule has 2 aliphatic rings. The maximum atomic E-state index is 13.2. The Morgan fingerprint density at radius 1 is 1.22 bits per heavy atom. The zero-order chi connectivity index (χ0) is 18.5. The van der Waals surface area contributed by atoms with Crippen molar-refractivity contribution in [1.82, 2.24) is 0 Å². The molecule has 1 aliphatic carbocycles. The third-order valence-electron chi connectivity index (χ3n) is 5.09. The number of halogens is 2. The average molecular weight is 402 g/mol. The lowest BCUT2D eigenvalue weighted by Gasteiger charge is -2.33. The van der Waals surface area contributed by atoms with Gasteiger partial charge in [-0.1, -0.05) is 12.1 Å². The van der Waals surface area contributed by atoms with E-state index < -0.39 is 18.1 Å². The molecule has 4 atom stereocenters. The molecule has 1 aromatic rings. The van der Waals surface area contributed by atoms with Gasteiger partial charge in [0.2, 0.25) is 0 Å². The Hall–Kier alpha value is -1.21. The summed E-state index contributed by atoms with van der Waals surface area (Å²) in [6.45, 7) is 3.20. The molecule has 7 heteroatoms. The summed E-state index contributed by atoms with van der Waals surface area (Å²) in [6.07, 6.45) is 3.23. The van der Waals surface area contributed by atoms with Gasteiger partial charge in [0.15, 0.2) is 0 Å². The van der Waals surface area contributed by atoms with Crippen LogP contribution < -0.4 is 5.73 Å². The largest absolute Gasteiger partial charge is 0.459 e. The second-order valence-electron chi connectivity index (χ2n) is 7.44. The molecule has 1 aromatic carbocycles. The highest BCUT2D eigenvalue weighted by atomic mass is 35.5. The van der Waals surface area contributed by atoms with Crippen molar-refractivity contribution in [2.45, 2.75) is 50.9 Å². The Morgan fingerprint density at radius 3 is 2.59 bits per heavy atom. The number of esters is 1. The summed E-state index contributed by atoms with van der Waals surface area (Å²) in [5, 5.41) is 0. The number of carbonyl (C=O) groups excluding carboxylic acids is 1. The van der Waals surface area contributed by atoms with Crippen LogP contribution in [0.15, 0.2) is 24.3 Å². The van der Waals surface area contributed by atoms with Crippen molar-refractivity contribution in [3.05, 3.63) is 35.6 Å². The number of rotatable bonds is 5. The maximum absolute atomic E-state index is 13.2. The van der Waals surface area contributed by atoms with Gasteiger partial charge in [-0.05, 0) is 62.1 Å². The highest BCUT2D eigenvalue weighted by molar-refractivity contribution is 5.85. The van der Waals surface area contributed by atoms with Crippen molar-refractivity contribution in [1.29, 1.82) is 0 Å². The Bertz CT molecular complexity index is 596. The minimum atomic E-state index is -0.768. The van der Waals surface area contributed by atoms with Crippen LogP contribution in [0.1, 0.15) is 31.7 Å². The Kier molecular flexibility index (Phi) is 8.48. The molecule has 0 spiro atoms. The molecule has 5 nitrogen and oxygen atoms in total. The maximum Gasteiger partial charge on any atom is 0.325 e. The lowest BCUT2D eigenvalue weighted by atomic mass is 9.88. The molecule has 1 aliphatic heterocycles. The highest BCUT2D eigenvalue weighted by Crippen LogP contribution is 2.32. The van der Waals surface area contributed by atoms with Crippen LogP contribution in [-0.2, 0) is 25.4 Å². The van der Waals surface area contributed by atoms with E-state index in [1.807, 2.05) is 6.92 Å². The number of hydrogen-bond acceptors (Lipinski definition) is 5. The number of carbonyl (C=O) groups is 1.